The quantitative estimate of drug-likeness (QED) is 0.732. The maximum absolute atomic E-state index is 12.0. The SMILES string of the molecule is Cc1nc(Br)ccc1NS(=O)(=O)c1cn[nH]c1N. The number of nitrogens with two attached hydrogens (primary N) is 1. The van der Waals surface area contributed by atoms with E-state index in [4.69, 9.17) is 5.73 Å². The van der Waals surface area contributed by atoms with Crippen LogP contribution in [0, 0.1) is 6.92 Å². The van der Waals surface area contributed by atoms with Crippen molar-refractivity contribution in [3.8, 4) is 0 Å². The zero-order valence-electron chi connectivity index (χ0n) is 9.31. The van der Waals surface area contributed by atoms with Crippen molar-refractivity contribution < 1.29 is 8.42 Å². The van der Waals surface area contributed by atoms with E-state index in [1.165, 1.54) is 0 Å². The Balaban J connectivity index is 2.37. The van der Waals surface area contributed by atoms with Crippen LogP contribution in [0.15, 0.2) is 27.8 Å². The van der Waals surface area contributed by atoms with Crippen LogP contribution in [0.25, 0.3) is 0 Å². The van der Waals surface area contributed by atoms with Gasteiger partial charge in [0.05, 0.1) is 17.6 Å². The van der Waals surface area contributed by atoms with E-state index in [1.807, 2.05) is 0 Å². The number of anilines is 2. The summed E-state index contributed by atoms with van der Waals surface area (Å²) in [6, 6.07) is 3.25. The third-order valence-corrected chi connectivity index (χ3v) is 4.05. The van der Waals surface area contributed by atoms with Crippen LogP contribution >= 0.6 is 15.9 Å². The van der Waals surface area contributed by atoms with Gasteiger partial charge in [-0.2, -0.15) is 5.10 Å². The number of hydrogen-bond donors (Lipinski definition) is 3. The second-order valence-electron chi connectivity index (χ2n) is 3.52. The van der Waals surface area contributed by atoms with Crippen LogP contribution in [-0.4, -0.2) is 23.6 Å². The molecule has 0 fully saturated rings. The maximum atomic E-state index is 12.0. The molecule has 0 aliphatic rings. The number of H-pyrrole nitrogens is 1. The molecule has 2 aromatic rings. The summed E-state index contributed by atoms with van der Waals surface area (Å²) in [6.45, 7) is 1.70. The summed E-state index contributed by atoms with van der Waals surface area (Å²) in [4.78, 5) is 4.00. The molecule has 0 atom stereocenters. The van der Waals surface area contributed by atoms with Gasteiger partial charge in [0.15, 0.2) is 0 Å². The summed E-state index contributed by atoms with van der Waals surface area (Å²) in [5.74, 6) is -0.00905. The number of aromatic amines is 1. The zero-order valence-corrected chi connectivity index (χ0v) is 11.7. The van der Waals surface area contributed by atoms with Crippen LogP contribution < -0.4 is 10.5 Å². The second kappa shape index (κ2) is 4.58. The van der Waals surface area contributed by atoms with E-state index >= 15 is 0 Å². The molecule has 0 aliphatic carbocycles. The number of halogens is 1. The molecule has 96 valence electrons. The molecule has 0 unspecified atom stereocenters. The molecule has 0 bridgehead atoms. The molecule has 0 saturated heterocycles. The molecule has 18 heavy (non-hydrogen) atoms. The predicted octanol–water partition coefficient (Wildman–Crippen LogP) is 1.26. The fraction of sp³-hybridized carbons (Fsp3) is 0.111. The van der Waals surface area contributed by atoms with Gasteiger partial charge < -0.3 is 5.73 Å². The first-order chi connectivity index (χ1) is 8.40. The molecular weight excluding hydrogens is 322 g/mol. The monoisotopic (exact) mass is 331 g/mol. The van der Waals surface area contributed by atoms with Gasteiger partial charge >= 0.3 is 0 Å². The first-order valence-electron chi connectivity index (χ1n) is 4.85. The first kappa shape index (κ1) is 12.8. The van der Waals surface area contributed by atoms with Crippen LogP contribution in [0.3, 0.4) is 0 Å². The van der Waals surface area contributed by atoms with Crippen molar-refractivity contribution in [1.29, 1.82) is 0 Å². The molecule has 2 rings (SSSR count). The minimum atomic E-state index is -3.76. The van der Waals surface area contributed by atoms with E-state index in [1.54, 1.807) is 19.1 Å². The molecule has 0 saturated carbocycles. The number of sulfonamides is 1. The summed E-state index contributed by atoms with van der Waals surface area (Å²) < 4.78 is 27.1. The Hall–Kier alpha value is -1.61. The standard InChI is InChI=1S/C9H10BrN5O2S/c1-5-6(2-3-8(10)13-5)15-18(16,17)7-4-12-14-9(7)11/h2-4,15H,1H3,(H3,11,12,14). The highest BCUT2D eigenvalue weighted by atomic mass is 79.9. The Kier molecular flexibility index (Phi) is 3.26. The zero-order chi connectivity index (χ0) is 13.3. The average Bonchev–Trinajstić information content (AvgIpc) is 2.69. The predicted molar refractivity (Wildman–Crippen MR) is 70.5 cm³/mol. The highest BCUT2D eigenvalue weighted by Gasteiger charge is 2.20. The Labute approximate surface area is 112 Å². The van der Waals surface area contributed by atoms with Gasteiger partial charge in [-0.05, 0) is 35.0 Å². The van der Waals surface area contributed by atoms with Crippen molar-refractivity contribution in [1.82, 2.24) is 15.2 Å². The van der Waals surface area contributed by atoms with Crippen LogP contribution in [0.2, 0.25) is 0 Å². The molecule has 2 aromatic heterocycles. The summed E-state index contributed by atoms with van der Waals surface area (Å²) in [5.41, 5.74) is 6.42. The Morgan fingerprint density at radius 1 is 1.44 bits per heavy atom. The summed E-state index contributed by atoms with van der Waals surface area (Å²) in [5, 5.41) is 5.94. The smallest absolute Gasteiger partial charge is 0.267 e. The van der Waals surface area contributed by atoms with Crippen LogP contribution in [0.4, 0.5) is 11.5 Å². The summed E-state index contributed by atoms with van der Waals surface area (Å²) in [6.07, 6.45) is 1.15. The third-order valence-electron chi connectivity index (χ3n) is 2.22. The number of pyridine rings is 1. The lowest BCUT2D eigenvalue weighted by molar-refractivity contribution is 0.601. The minimum absolute atomic E-state index is 0.00905. The summed E-state index contributed by atoms with van der Waals surface area (Å²) in [7, 11) is -3.76. The topological polar surface area (TPSA) is 114 Å². The molecule has 0 aromatic carbocycles. The lowest BCUT2D eigenvalue weighted by atomic mass is 10.3. The van der Waals surface area contributed by atoms with Crippen LogP contribution in [0.5, 0.6) is 0 Å². The number of aromatic nitrogens is 3. The van der Waals surface area contributed by atoms with Crippen molar-refractivity contribution in [3.05, 3.63) is 28.6 Å². The fourth-order valence-corrected chi connectivity index (χ4v) is 2.88. The van der Waals surface area contributed by atoms with E-state index in [0.717, 1.165) is 6.20 Å². The number of aryl methyl sites for hydroxylation is 1. The van der Waals surface area contributed by atoms with E-state index in [-0.39, 0.29) is 10.7 Å². The van der Waals surface area contributed by atoms with E-state index in [9.17, 15) is 8.42 Å². The van der Waals surface area contributed by atoms with Gasteiger partial charge in [-0.25, -0.2) is 13.4 Å². The molecule has 0 aliphatic heterocycles. The summed E-state index contributed by atoms with van der Waals surface area (Å²) >= 11 is 3.20. The maximum Gasteiger partial charge on any atom is 0.267 e. The van der Waals surface area contributed by atoms with E-state index in [0.29, 0.717) is 16.0 Å². The minimum Gasteiger partial charge on any atom is -0.383 e. The highest BCUT2D eigenvalue weighted by Crippen LogP contribution is 2.22. The number of hydrogen-bond acceptors (Lipinski definition) is 5. The fourth-order valence-electron chi connectivity index (χ4n) is 1.34. The Morgan fingerprint density at radius 2 is 2.17 bits per heavy atom. The number of nitrogens with one attached hydrogen (secondary N) is 2. The normalized spacial score (nSPS) is 11.4. The average molecular weight is 332 g/mol. The van der Waals surface area contributed by atoms with E-state index < -0.39 is 10.0 Å². The van der Waals surface area contributed by atoms with Gasteiger partial charge in [-0.15, -0.1) is 0 Å². The molecule has 2 heterocycles. The van der Waals surface area contributed by atoms with Gasteiger partial charge in [0.1, 0.15) is 15.3 Å². The number of nitrogen functional groups attached to an aromatic ring is 1. The Bertz CT molecular complexity index is 682. The molecule has 0 amide bonds. The molecule has 9 heteroatoms. The second-order valence-corrected chi connectivity index (χ2v) is 5.98. The van der Waals surface area contributed by atoms with Crippen LogP contribution in [-0.2, 0) is 10.0 Å². The van der Waals surface area contributed by atoms with Crippen molar-refractivity contribution in [2.24, 2.45) is 0 Å². The number of rotatable bonds is 3. The lowest BCUT2D eigenvalue weighted by Crippen LogP contribution is -2.15. The van der Waals surface area contributed by atoms with Gasteiger partial charge in [0, 0.05) is 0 Å². The molecule has 7 nitrogen and oxygen atoms in total. The Morgan fingerprint density at radius 3 is 2.72 bits per heavy atom. The molecule has 0 radical (unpaired) electrons. The van der Waals surface area contributed by atoms with Crippen LogP contribution in [0.1, 0.15) is 5.69 Å². The van der Waals surface area contributed by atoms with Crippen molar-refractivity contribution >= 4 is 37.5 Å². The van der Waals surface area contributed by atoms with Gasteiger partial charge in [-0.3, -0.25) is 9.82 Å². The van der Waals surface area contributed by atoms with Crippen molar-refractivity contribution in [3.63, 3.8) is 0 Å². The lowest BCUT2D eigenvalue weighted by Gasteiger charge is -2.09. The van der Waals surface area contributed by atoms with Gasteiger partial charge in [-0.1, -0.05) is 0 Å². The third kappa shape index (κ3) is 2.46. The van der Waals surface area contributed by atoms with Crippen molar-refractivity contribution in [2.45, 2.75) is 11.8 Å². The van der Waals surface area contributed by atoms with Crippen molar-refractivity contribution in [2.75, 3.05) is 10.5 Å². The highest BCUT2D eigenvalue weighted by molar-refractivity contribution is 9.10. The van der Waals surface area contributed by atoms with Gasteiger partial charge in [0.25, 0.3) is 10.0 Å². The largest absolute Gasteiger partial charge is 0.383 e. The molecular formula is C9H10BrN5O2S. The number of nitrogens with zero attached hydrogens (tertiary/aromatic N) is 2. The molecule has 4 N–H and O–H groups in total. The first-order valence-corrected chi connectivity index (χ1v) is 7.12. The molecule has 0 spiro atoms. The van der Waals surface area contributed by atoms with E-state index in [2.05, 4.69) is 35.8 Å². The van der Waals surface area contributed by atoms with Gasteiger partial charge in [0.2, 0.25) is 0 Å².